The molecule has 0 aromatic carbocycles. The molecule has 0 saturated carbocycles. The number of aliphatic hydroxyl groups is 1. The number of carboxylic acids is 1. The maximum atomic E-state index is 11.7. The molecule has 4 N–H and O–H groups in total. The highest BCUT2D eigenvalue weighted by atomic mass is 32.2. The van der Waals surface area contributed by atoms with Crippen molar-refractivity contribution in [2.24, 2.45) is 0 Å². The summed E-state index contributed by atoms with van der Waals surface area (Å²) in [5.41, 5.74) is 0. The Kier molecular flexibility index (Phi) is 5.09. The third-order valence-electron chi connectivity index (χ3n) is 2.78. The molecule has 1 aliphatic rings. The van der Waals surface area contributed by atoms with Crippen LogP contribution in [-0.4, -0.2) is 73.6 Å². The lowest BCUT2D eigenvalue weighted by Gasteiger charge is -2.21. The molecule has 0 radical (unpaired) electrons. The van der Waals surface area contributed by atoms with Gasteiger partial charge in [0.25, 0.3) is 0 Å². The van der Waals surface area contributed by atoms with Crippen molar-refractivity contribution in [3.8, 4) is 0 Å². The maximum absolute atomic E-state index is 11.7. The molecule has 1 rings (SSSR count). The predicted molar refractivity (Wildman–Crippen MR) is 65.0 cm³/mol. The van der Waals surface area contributed by atoms with Gasteiger partial charge in [-0.2, -0.15) is 0 Å². The molecule has 0 bridgehead atoms. The standard InChI is InChI=1S/C9H17N3O6S/c1-10-19(17,18)3-2-11-9(16)12-5-6(13)4-7(12)8(14)15/h6-7,10,13H,2-5H2,1H3,(H,11,16)(H,14,15). The SMILES string of the molecule is CNS(=O)(=O)CCNC(=O)N1CC(O)CC1C(=O)O. The minimum absolute atomic E-state index is 0.0302. The molecule has 2 unspecified atom stereocenters. The van der Waals surface area contributed by atoms with Gasteiger partial charge in [0.15, 0.2) is 0 Å². The maximum Gasteiger partial charge on any atom is 0.326 e. The summed E-state index contributed by atoms with van der Waals surface area (Å²) in [5, 5.41) is 20.6. The van der Waals surface area contributed by atoms with Crippen LogP contribution in [0.5, 0.6) is 0 Å². The Morgan fingerprint density at radius 3 is 2.58 bits per heavy atom. The van der Waals surface area contributed by atoms with E-state index in [1.54, 1.807) is 0 Å². The summed E-state index contributed by atoms with van der Waals surface area (Å²) in [6, 6.07) is -1.79. The van der Waals surface area contributed by atoms with Crippen LogP contribution in [0.2, 0.25) is 0 Å². The van der Waals surface area contributed by atoms with Crippen LogP contribution in [-0.2, 0) is 14.8 Å². The van der Waals surface area contributed by atoms with E-state index in [0.717, 1.165) is 4.90 Å². The van der Waals surface area contributed by atoms with E-state index in [0.29, 0.717) is 0 Å². The number of hydrogen-bond acceptors (Lipinski definition) is 5. The van der Waals surface area contributed by atoms with Crippen molar-refractivity contribution in [2.45, 2.75) is 18.6 Å². The van der Waals surface area contributed by atoms with Crippen LogP contribution in [0, 0.1) is 0 Å². The van der Waals surface area contributed by atoms with E-state index in [-0.39, 0.29) is 25.3 Å². The van der Waals surface area contributed by atoms with Gasteiger partial charge >= 0.3 is 12.0 Å². The van der Waals surface area contributed by atoms with Crippen molar-refractivity contribution in [3.05, 3.63) is 0 Å². The largest absolute Gasteiger partial charge is 0.480 e. The molecule has 19 heavy (non-hydrogen) atoms. The van der Waals surface area contributed by atoms with Crippen molar-refractivity contribution in [1.29, 1.82) is 0 Å². The topological polar surface area (TPSA) is 136 Å². The van der Waals surface area contributed by atoms with Crippen molar-refractivity contribution in [2.75, 3.05) is 25.9 Å². The number of nitrogens with one attached hydrogen (secondary N) is 2. The van der Waals surface area contributed by atoms with Gasteiger partial charge in [-0.1, -0.05) is 0 Å². The van der Waals surface area contributed by atoms with E-state index in [9.17, 15) is 23.1 Å². The van der Waals surface area contributed by atoms with Gasteiger partial charge in [-0.25, -0.2) is 22.7 Å². The molecule has 2 atom stereocenters. The van der Waals surface area contributed by atoms with Gasteiger partial charge in [-0.05, 0) is 7.05 Å². The minimum Gasteiger partial charge on any atom is -0.480 e. The van der Waals surface area contributed by atoms with E-state index in [1.807, 2.05) is 0 Å². The zero-order valence-corrected chi connectivity index (χ0v) is 11.2. The Morgan fingerprint density at radius 2 is 2.05 bits per heavy atom. The monoisotopic (exact) mass is 295 g/mol. The average molecular weight is 295 g/mol. The van der Waals surface area contributed by atoms with Gasteiger partial charge in [0.2, 0.25) is 10.0 Å². The number of carboxylic acid groups (broad SMARTS) is 1. The number of sulfonamides is 1. The molecule has 10 heteroatoms. The van der Waals surface area contributed by atoms with Gasteiger partial charge in [0, 0.05) is 19.5 Å². The van der Waals surface area contributed by atoms with E-state index < -0.39 is 34.2 Å². The summed E-state index contributed by atoms with van der Waals surface area (Å²) < 4.78 is 24.3. The lowest BCUT2D eigenvalue weighted by molar-refractivity contribution is -0.141. The van der Waals surface area contributed by atoms with Crippen molar-refractivity contribution in [3.63, 3.8) is 0 Å². The molecule has 1 fully saturated rings. The van der Waals surface area contributed by atoms with Crippen LogP contribution in [0.25, 0.3) is 0 Å². The van der Waals surface area contributed by atoms with Gasteiger partial charge in [0.1, 0.15) is 6.04 Å². The van der Waals surface area contributed by atoms with Crippen LogP contribution >= 0.6 is 0 Å². The molecular formula is C9H17N3O6S. The molecular weight excluding hydrogens is 278 g/mol. The molecule has 9 nitrogen and oxygen atoms in total. The van der Waals surface area contributed by atoms with Crippen LogP contribution < -0.4 is 10.0 Å². The molecule has 0 aromatic rings. The van der Waals surface area contributed by atoms with Crippen LogP contribution in [0.3, 0.4) is 0 Å². The number of nitrogens with zero attached hydrogens (tertiary/aromatic N) is 1. The van der Waals surface area contributed by atoms with Crippen molar-refractivity contribution in [1.82, 2.24) is 14.9 Å². The van der Waals surface area contributed by atoms with Gasteiger partial charge in [-0.15, -0.1) is 0 Å². The summed E-state index contributed by atoms with van der Waals surface area (Å²) in [5.74, 6) is -1.50. The number of carbonyl (C=O) groups is 2. The van der Waals surface area contributed by atoms with Crippen LogP contribution in [0.4, 0.5) is 4.79 Å². The highest BCUT2D eigenvalue weighted by Gasteiger charge is 2.38. The summed E-state index contributed by atoms with van der Waals surface area (Å²) in [7, 11) is -2.17. The molecule has 1 heterocycles. The molecule has 1 saturated heterocycles. The quantitative estimate of drug-likeness (QED) is 0.453. The Balaban J connectivity index is 2.51. The average Bonchev–Trinajstić information content (AvgIpc) is 2.71. The number of amides is 2. The fourth-order valence-electron chi connectivity index (χ4n) is 1.77. The number of aliphatic hydroxyl groups excluding tert-OH is 1. The van der Waals surface area contributed by atoms with E-state index >= 15 is 0 Å². The first-order valence-corrected chi connectivity index (χ1v) is 7.28. The summed E-state index contributed by atoms with van der Waals surface area (Å²) >= 11 is 0. The lowest BCUT2D eigenvalue weighted by atomic mass is 10.2. The Morgan fingerprint density at radius 1 is 1.42 bits per heavy atom. The Bertz CT molecular complexity index is 451. The lowest BCUT2D eigenvalue weighted by Crippen LogP contribution is -2.47. The highest BCUT2D eigenvalue weighted by molar-refractivity contribution is 7.89. The van der Waals surface area contributed by atoms with E-state index in [1.165, 1.54) is 7.05 Å². The second kappa shape index (κ2) is 6.17. The Hall–Kier alpha value is -1.39. The zero-order valence-electron chi connectivity index (χ0n) is 10.4. The van der Waals surface area contributed by atoms with Gasteiger partial charge in [0.05, 0.1) is 11.9 Å². The minimum atomic E-state index is -3.43. The first-order valence-electron chi connectivity index (χ1n) is 5.63. The summed E-state index contributed by atoms with van der Waals surface area (Å²) in [4.78, 5) is 23.6. The first-order chi connectivity index (χ1) is 8.76. The second-order valence-electron chi connectivity index (χ2n) is 4.15. The number of β-amino-alcohol motifs (C(OH)–C–C–N with tert-alkyl or cyclic N) is 1. The van der Waals surface area contributed by atoms with E-state index in [2.05, 4.69) is 10.0 Å². The first kappa shape index (κ1) is 15.7. The summed E-state index contributed by atoms with van der Waals surface area (Å²) in [6.07, 6.45) is -0.912. The summed E-state index contributed by atoms with van der Waals surface area (Å²) in [6.45, 7) is -0.220. The second-order valence-corrected chi connectivity index (χ2v) is 6.20. The molecule has 2 amide bonds. The fourth-order valence-corrected chi connectivity index (χ4v) is 2.34. The molecule has 0 aliphatic carbocycles. The number of urea groups is 1. The van der Waals surface area contributed by atoms with Crippen LogP contribution in [0.15, 0.2) is 0 Å². The van der Waals surface area contributed by atoms with Gasteiger partial charge in [-0.3, -0.25) is 0 Å². The van der Waals surface area contributed by atoms with Gasteiger partial charge < -0.3 is 20.4 Å². The fraction of sp³-hybridized carbons (Fsp3) is 0.778. The van der Waals surface area contributed by atoms with E-state index in [4.69, 9.17) is 5.11 Å². The normalized spacial score (nSPS) is 23.4. The zero-order chi connectivity index (χ0) is 14.6. The van der Waals surface area contributed by atoms with Crippen molar-refractivity contribution >= 4 is 22.0 Å². The molecule has 0 aromatic heterocycles. The predicted octanol–water partition coefficient (Wildman–Crippen LogP) is -2.23. The number of likely N-dealkylation sites (tertiary alicyclic amines) is 1. The molecule has 1 aliphatic heterocycles. The number of rotatable bonds is 5. The Labute approximate surface area is 110 Å². The number of carbonyl (C=O) groups excluding carboxylic acids is 1. The van der Waals surface area contributed by atoms with Crippen LogP contribution in [0.1, 0.15) is 6.42 Å². The third-order valence-corrected chi connectivity index (χ3v) is 4.15. The highest BCUT2D eigenvalue weighted by Crippen LogP contribution is 2.17. The van der Waals surface area contributed by atoms with Crippen molar-refractivity contribution < 1.29 is 28.2 Å². The molecule has 110 valence electrons. The number of hydrogen-bond donors (Lipinski definition) is 4. The number of aliphatic carboxylic acids is 1. The smallest absolute Gasteiger partial charge is 0.326 e. The molecule has 0 spiro atoms. The third kappa shape index (κ3) is 4.33.